The number of nitrogens with zero attached hydrogens (tertiary/aromatic N) is 1. The van der Waals surface area contributed by atoms with E-state index in [1.54, 1.807) is 23.6 Å². The fraction of sp³-hybridized carbons (Fsp3) is 0.231. The molecule has 1 aromatic heterocycles. The Morgan fingerprint density at radius 2 is 2.25 bits per heavy atom. The third-order valence-electron chi connectivity index (χ3n) is 2.55. The van der Waals surface area contributed by atoms with Gasteiger partial charge in [0, 0.05) is 23.7 Å². The molecule has 0 aliphatic rings. The van der Waals surface area contributed by atoms with Crippen molar-refractivity contribution in [3.63, 3.8) is 0 Å². The van der Waals surface area contributed by atoms with Crippen LogP contribution in [0.2, 0.25) is 5.02 Å². The van der Waals surface area contributed by atoms with Gasteiger partial charge in [-0.25, -0.2) is 0 Å². The molecular weight excluding hydrogens is 300 g/mol. The quantitative estimate of drug-likeness (QED) is 0.637. The van der Waals surface area contributed by atoms with Crippen LogP contribution in [0.25, 0.3) is 0 Å². The standard InChI is InChI=1S/C13H13ClN2O3S/c1-2-19-12-4-3-10(6-11(12)14)15-7-9-5-13(16(17)18)20-8-9/h3-6,8,15H,2,7H2,1H3. The first-order chi connectivity index (χ1) is 9.60. The van der Waals surface area contributed by atoms with Gasteiger partial charge in [0.05, 0.1) is 16.6 Å². The average molecular weight is 313 g/mol. The van der Waals surface area contributed by atoms with E-state index in [1.165, 1.54) is 0 Å². The highest BCUT2D eigenvalue weighted by molar-refractivity contribution is 7.13. The molecule has 1 aromatic carbocycles. The molecule has 1 N–H and O–H groups in total. The van der Waals surface area contributed by atoms with Gasteiger partial charge in [-0.3, -0.25) is 10.1 Å². The van der Waals surface area contributed by atoms with E-state index in [0.29, 0.717) is 23.9 Å². The van der Waals surface area contributed by atoms with E-state index in [4.69, 9.17) is 16.3 Å². The highest BCUT2D eigenvalue weighted by atomic mass is 35.5. The largest absolute Gasteiger partial charge is 0.492 e. The molecule has 0 unspecified atom stereocenters. The van der Waals surface area contributed by atoms with Gasteiger partial charge in [-0.2, -0.15) is 0 Å². The van der Waals surface area contributed by atoms with E-state index in [-0.39, 0.29) is 9.92 Å². The van der Waals surface area contributed by atoms with Crippen molar-refractivity contribution in [2.45, 2.75) is 13.5 Å². The van der Waals surface area contributed by atoms with Crippen LogP contribution in [-0.2, 0) is 6.54 Å². The fourth-order valence-electron chi connectivity index (χ4n) is 1.64. The van der Waals surface area contributed by atoms with Crippen LogP contribution < -0.4 is 10.1 Å². The van der Waals surface area contributed by atoms with Gasteiger partial charge in [-0.05, 0) is 30.7 Å². The summed E-state index contributed by atoms with van der Waals surface area (Å²) in [4.78, 5) is 10.2. The van der Waals surface area contributed by atoms with E-state index >= 15 is 0 Å². The maximum absolute atomic E-state index is 10.6. The summed E-state index contributed by atoms with van der Waals surface area (Å²) < 4.78 is 5.35. The van der Waals surface area contributed by atoms with Gasteiger partial charge in [0.15, 0.2) is 0 Å². The molecule has 0 bridgehead atoms. The summed E-state index contributed by atoms with van der Waals surface area (Å²) in [5.41, 5.74) is 1.71. The van der Waals surface area contributed by atoms with Crippen LogP contribution in [0.4, 0.5) is 10.7 Å². The molecule has 5 nitrogen and oxygen atoms in total. The monoisotopic (exact) mass is 312 g/mol. The maximum atomic E-state index is 10.6. The van der Waals surface area contributed by atoms with E-state index in [9.17, 15) is 10.1 Å². The maximum Gasteiger partial charge on any atom is 0.324 e. The normalized spacial score (nSPS) is 10.3. The summed E-state index contributed by atoms with van der Waals surface area (Å²) in [6, 6.07) is 6.99. The molecule has 0 saturated heterocycles. The number of ether oxygens (including phenoxy) is 1. The third kappa shape index (κ3) is 3.61. The second kappa shape index (κ2) is 6.58. The first-order valence-electron chi connectivity index (χ1n) is 5.98. The summed E-state index contributed by atoms with van der Waals surface area (Å²) in [7, 11) is 0. The first kappa shape index (κ1) is 14.6. The second-order valence-corrected chi connectivity index (χ2v) is 5.28. The van der Waals surface area contributed by atoms with Gasteiger partial charge in [0.25, 0.3) is 0 Å². The molecule has 0 fully saturated rings. The third-order valence-corrected chi connectivity index (χ3v) is 3.77. The number of thiophene rings is 1. The van der Waals surface area contributed by atoms with Gasteiger partial charge in [0.1, 0.15) is 5.75 Å². The number of hydrogen-bond acceptors (Lipinski definition) is 5. The van der Waals surface area contributed by atoms with Crippen molar-refractivity contribution in [2.75, 3.05) is 11.9 Å². The number of nitrogens with one attached hydrogen (secondary N) is 1. The predicted molar refractivity (Wildman–Crippen MR) is 80.9 cm³/mol. The Morgan fingerprint density at radius 1 is 1.45 bits per heavy atom. The molecule has 106 valence electrons. The van der Waals surface area contributed by atoms with E-state index < -0.39 is 0 Å². The van der Waals surface area contributed by atoms with E-state index in [1.807, 2.05) is 13.0 Å². The second-order valence-electron chi connectivity index (χ2n) is 3.98. The van der Waals surface area contributed by atoms with Crippen molar-refractivity contribution in [1.82, 2.24) is 0 Å². The molecule has 7 heteroatoms. The minimum absolute atomic E-state index is 0.145. The Kier molecular flexibility index (Phi) is 4.81. The lowest BCUT2D eigenvalue weighted by Crippen LogP contribution is -1.99. The highest BCUT2D eigenvalue weighted by Gasteiger charge is 2.09. The average Bonchev–Trinajstić information content (AvgIpc) is 2.88. The van der Waals surface area contributed by atoms with E-state index in [0.717, 1.165) is 22.6 Å². The Hall–Kier alpha value is -1.79. The van der Waals surface area contributed by atoms with Crippen molar-refractivity contribution in [2.24, 2.45) is 0 Å². The summed E-state index contributed by atoms with van der Waals surface area (Å²) >= 11 is 7.20. The molecule has 0 amide bonds. The minimum Gasteiger partial charge on any atom is -0.492 e. The molecule has 0 aliphatic carbocycles. The first-order valence-corrected chi connectivity index (χ1v) is 7.24. The van der Waals surface area contributed by atoms with Gasteiger partial charge >= 0.3 is 5.00 Å². The van der Waals surface area contributed by atoms with Crippen LogP contribution >= 0.6 is 22.9 Å². The molecule has 0 atom stereocenters. The van der Waals surface area contributed by atoms with Crippen LogP contribution in [0, 0.1) is 10.1 Å². The lowest BCUT2D eigenvalue weighted by atomic mass is 10.2. The highest BCUT2D eigenvalue weighted by Crippen LogP contribution is 2.28. The molecule has 2 aromatic rings. The zero-order chi connectivity index (χ0) is 14.5. The lowest BCUT2D eigenvalue weighted by molar-refractivity contribution is -0.380. The van der Waals surface area contributed by atoms with E-state index in [2.05, 4.69) is 5.32 Å². The number of nitro groups is 1. The van der Waals surface area contributed by atoms with Gasteiger partial charge in [0.2, 0.25) is 0 Å². The minimum atomic E-state index is -0.387. The lowest BCUT2D eigenvalue weighted by Gasteiger charge is -2.09. The Morgan fingerprint density at radius 3 is 2.85 bits per heavy atom. The number of anilines is 1. The molecular formula is C13H13ClN2O3S. The number of hydrogen-bond donors (Lipinski definition) is 1. The summed E-state index contributed by atoms with van der Waals surface area (Å²) in [5, 5.41) is 16.2. The van der Waals surface area contributed by atoms with Crippen LogP contribution in [0.15, 0.2) is 29.6 Å². The van der Waals surface area contributed by atoms with Gasteiger partial charge in [-0.15, -0.1) is 0 Å². The molecule has 0 spiro atoms. The number of rotatable bonds is 6. The van der Waals surface area contributed by atoms with Crippen molar-refractivity contribution >= 4 is 33.6 Å². The topological polar surface area (TPSA) is 64.4 Å². The SMILES string of the molecule is CCOc1ccc(NCc2csc([N+](=O)[O-])c2)cc1Cl. The fourth-order valence-corrected chi connectivity index (χ4v) is 2.60. The Bertz CT molecular complexity index is 615. The summed E-state index contributed by atoms with van der Waals surface area (Å²) in [6.45, 7) is 2.96. The number of halogens is 1. The number of benzene rings is 1. The zero-order valence-electron chi connectivity index (χ0n) is 10.8. The van der Waals surface area contributed by atoms with Crippen molar-refractivity contribution in [3.05, 3.63) is 50.3 Å². The van der Waals surface area contributed by atoms with Crippen LogP contribution in [-0.4, -0.2) is 11.5 Å². The predicted octanol–water partition coefficient (Wildman–Crippen LogP) is 4.32. The van der Waals surface area contributed by atoms with Crippen molar-refractivity contribution in [3.8, 4) is 5.75 Å². The van der Waals surface area contributed by atoms with Crippen molar-refractivity contribution in [1.29, 1.82) is 0 Å². The smallest absolute Gasteiger partial charge is 0.324 e. The molecule has 0 radical (unpaired) electrons. The Labute approximate surface area is 125 Å². The zero-order valence-corrected chi connectivity index (χ0v) is 12.3. The summed E-state index contributed by atoms with van der Waals surface area (Å²) in [6.07, 6.45) is 0. The Balaban J connectivity index is 1.99. The van der Waals surface area contributed by atoms with Crippen molar-refractivity contribution < 1.29 is 9.66 Å². The molecule has 0 aliphatic heterocycles. The van der Waals surface area contributed by atoms with Crippen LogP contribution in [0.3, 0.4) is 0 Å². The molecule has 20 heavy (non-hydrogen) atoms. The molecule has 1 heterocycles. The van der Waals surface area contributed by atoms with Gasteiger partial charge < -0.3 is 10.1 Å². The molecule has 0 saturated carbocycles. The van der Waals surface area contributed by atoms with Crippen LogP contribution in [0.5, 0.6) is 5.75 Å². The molecule has 2 rings (SSSR count). The summed E-state index contributed by atoms with van der Waals surface area (Å²) in [5.74, 6) is 0.644. The van der Waals surface area contributed by atoms with Crippen LogP contribution in [0.1, 0.15) is 12.5 Å². The van der Waals surface area contributed by atoms with Gasteiger partial charge in [-0.1, -0.05) is 22.9 Å².